The van der Waals surface area contributed by atoms with Crippen molar-refractivity contribution in [2.45, 2.75) is 13.8 Å². The average Bonchev–Trinajstić information content (AvgIpc) is 2.67. The van der Waals surface area contributed by atoms with Gasteiger partial charge in [-0.25, -0.2) is 0 Å². The minimum atomic E-state index is 0.0579. The zero-order valence-corrected chi connectivity index (χ0v) is 14.8. The summed E-state index contributed by atoms with van der Waals surface area (Å²) in [6.07, 6.45) is 0. The summed E-state index contributed by atoms with van der Waals surface area (Å²) in [7, 11) is 0. The van der Waals surface area contributed by atoms with E-state index in [9.17, 15) is 4.79 Å². The summed E-state index contributed by atoms with van der Waals surface area (Å²) in [5.41, 5.74) is 3.17. The number of carbonyl (C=O) groups is 1. The molecule has 1 fully saturated rings. The van der Waals surface area contributed by atoms with Crippen molar-refractivity contribution >= 4 is 11.7 Å². The Hall–Kier alpha value is -2.47. The van der Waals surface area contributed by atoms with Gasteiger partial charge in [0.25, 0.3) is 0 Å². The molecule has 0 aliphatic carbocycles. The van der Waals surface area contributed by atoms with Gasteiger partial charge in [0.1, 0.15) is 6.61 Å². The minimum absolute atomic E-state index is 0.0579. The van der Waals surface area contributed by atoms with Crippen LogP contribution in [0.15, 0.2) is 36.4 Å². The van der Waals surface area contributed by atoms with Crippen molar-refractivity contribution in [2.24, 2.45) is 0 Å². The predicted octanol–water partition coefficient (Wildman–Crippen LogP) is 2.14. The van der Waals surface area contributed by atoms with Crippen molar-refractivity contribution in [1.29, 1.82) is 0 Å². The molecule has 0 atom stereocenters. The maximum Gasteiger partial charge on any atom is 0.248 e. The number of hydrogen-bond acceptors (Lipinski definition) is 5. The number of carbonyl (C=O) groups excluding carboxylic acids is 1. The number of nitrogens with zero attached hydrogens (tertiary/aromatic N) is 4. The van der Waals surface area contributed by atoms with Crippen molar-refractivity contribution in [1.82, 2.24) is 15.1 Å². The maximum atomic E-state index is 12.0. The van der Waals surface area contributed by atoms with E-state index in [1.165, 1.54) is 5.56 Å². The predicted molar refractivity (Wildman–Crippen MR) is 97.5 cm³/mol. The van der Waals surface area contributed by atoms with Gasteiger partial charge in [0.2, 0.25) is 5.91 Å². The van der Waals surface area contributed by atoms with Gasteiger partial charge in [-0.2, -0.15) is 0 Å². The molecule has 2 heterocycles. The largest absolute Gasteiger partial charge is 0.372 e. The first kappa shape index (κ1) is 17.4. The van der Waals surface area contributed by atoms with Crippen LogP contribution in [-0.2, 0) is 9.53 Å². The van der Waals surface area contributed by atoms with Crippen molar-refractivity contribution in [3.05, 3.63) is 42.0 Å². The monoisotopic (exact) mass is 340 g/mol. The number of benzene rings is 1. The van der Waals surface area contributed by atoms with Gasteiger partial charge in [0, 0.05) is 38.3 Å². The molecular weight excluding hydrogens is 316 g/mol. The number of aromatic nitrogens is 2. The van der Waals surface area contributed by atoms with E-state index in [0.717, 1.165) is 30.2 Å². The third kappa shape index (κ3) is 4.14. The van der Waals surface area contributed by atoms with E-state index >= 15 is 0 Å². The SMILES string of the molecule is CCOCC(=O)N1CCN(c2ccc(-c3ccccc3C)nn2)CC1. The van der Waals surface area contributed by atoms with Gasteiger partial charge in [-0.1, -0.05) is 24.3 Å². The molecule has 25 heavy (non-hydrogen) atoms. The van der Waals surface area contributed by atoms with E-state index in [1.807, 2.05) is 36.1 Å². The Morgan fingerprint density at radius 1 is 1.08 bits per heavy atom. The minimum Gasteiger partial charge on any atom is -0.372 e. The summed E-state index contributed by atoms with van der Waals surface area (Å²) >= 11 is 0. The fourth-order valence-corrected chi connectivity index (χ4v) is 2.96. The lowest BCUT2D eigenvalue weighted by Gasteiger charge is -2.35. The van der Waals surface area contributed by atoms with Gasteiger partial charge < -0.3 is 14.5 Å². The van der Waals surface area contributed by atoms with E-state index in [-0.39, 0.29) is 12.5 Å². The second kappa shape index (κ2) is 8.07. The molecule has 1 saturated heterocycles. The Kier molecular flexibility index (Phi) is 5.60. The molecule has 132 valence electrons. The molecule has 3 rings (SSSR count). The molecular formula is C19H24N4O2. The highest BCUT2D eigenvalue weighted by Gasteiger charge is 2.22. The van der Waals surface area contributed by atoms with E-state index < -0.39 is 0 Å². The van der Waals surface area contributed by atoms with E-state index in [0.29, 0.717) is 19.7 Å². The Balaban J connectivity index is 1.61. The number of ether oxygens (including phenoxy) is 1. The highest BCUT2D eigenvalue weighted by atomic mass is 16.5. The van der Waals surface area contributed by atoms with Crippen molar-refractivity contribution in [3.8, 4) is 11.3 Å². The summed E-state index contributed by atoms with van der Waals surface area (Å²) in [5.74, 6) is 0.914. The Bertz CT molecular complexity index is 710. The molecule has 1 amide bonds. The summed E-state index contributed by atoms with van der Waals surface area (Å²) < 4.78 is 5.20. The average molecular weight is 340 g/mol. The molecule has 6 heteroatoms. The second-order valence-electron chi connectivity index (χ2n) is 6.10. The molecule has 1 aromatic carbocycles. The Morgan fingerprint density at radius 3 is 2.48 bits per heavy atom. The summed E-state index contributed by atoms with van der Waals surface area (Å²) in [5, 5.41) is 8.77. The molecule has 0 unspecified atom stereocenters. The first-order chi connectivity index (χ1) is 12.2. The molecule has 0 bridgehead atoms. The first-order valence-electron chi connectivity index (χ1n) is 8.69. The molecule has 2 aromatic rings. The molecule has 0 N–H and O–H groups in total. The van der Waals surface area contributed by atoms with Crippen LogP contribution in [-0.4, -0.2) is 60.4 Å². The number of piperazine rings is 1. The lowest BCUT2D eigenvalue weighted by atomic mass is 10.1. The van der Waals surface area contributed by atoms with Crippen LogP contribution in [0.25, 0.3) is 11.3 Å². The highest BCUT2D eigenvalue weighted by molar-refractivity contribution is 5.77. The number of rotatable bonds is 5. The lowest BCUT2D eigenvalue weighted by Crippen LogP contribution is -2.50. The number of aryl methyl sites for hydroxylation is 1. The molecule has 1 aromatic heterocycles. The molecule has 1 aliphatic heterocycles. The van der Waals surface area contributed by atoms with E-state index in [1.54, 1.807) is 0 Å². The Labute approximate surface area is 148 Å². The third-order valence-corrected chi connectivity index (χ3v) is 4.46. The normalized spacial score (nSPS) is 14.6. The zero-order chi connectivity index (χ0) is 17.6. The highest BCUT2D eigenvalue weighted by Crippen LogP contribution is 2.22. The van der Waals surface area contributed by atoms with E-state index in [4.69, 9.17) is 4.74 Å². The van der Waals surface area contributed by atoms with Crippen LogP contribution in [0.5, 0.6) is 0 Å². The topological polar surface area (TPSA) is 58.6 Å². The molecule has 1 aliphatic rings. The summed E-state index contributed by atoms with van der Waals surface area (Å²) in [6.45, 7) is 7.59. The smallest absolute Gasteiger partial charge is 0.248 e. The van der Waals surface area contributed by atoms with Gasteiger partial charge in [-0.15, -0.1) is 10.2 Å². The fourth-order valence-electron chi connectivity index (χ4n) is 2.96. The van der Waals surface area contributed by atoms with Crippen molar-refractivity contribution < 1.29 is 9.53 Å². The first-order valence-corrected chi connectivity index (χ1v) is 8.69. The van der Waals surface area contributed by atoms with Crippen LogP contribution >= 0.6 is 0 Å². The van der Waals surface area contributed by atoms with Crippen LogP contribution in [0, 0.1) is 6.92 Å². The summed E-state index contributed by atoms with van der Waals surface area (Å²) in [4.78, 5) is 16.0. The van der Waals surface area contributed by atoms with Crippen LogP contribution in [0.1, 0.15) is 12.5 Å². The second-order valence-corrected chi connectivity index (χ2v) is 6.10. The molecule has 0 spiro atoms. The van der Waals surface area contributed by atoms with Gasteiger partial charge in [-0.3, -0.25) is 4.79 Å². The zero-order valence-electron chi connectivity index (χ0n) is 14.8. The maximum absolute atomic E-state index is 12.0. The van der Waals surface area contributed by atoms with Crippen LogP contribution < -0.4 is 4.90 Å². The van der Waals surface area contributed by atoms with Gasteiger partial charge >= 0.3 is 0 Å². The van der Waals surface area contributed by atoms with Gasteiger partial charge in [-0.05, 0) is 31.5 Å². The number of amides is 1. The number of anilines is 1. The molecule has 0 saturated carbocycles. The molecule has 0 radical (unpaired) electrons. The number of hydrogen-bond donors (Lipinski definition) is 0. The van der Waals surface area contributed by atoms with Crippen LogP contribution in [0.4, 0.5) is 5.82 Å². The molecule has 6 nitrogen and oxygen atoms in total. The van der Waals surface area contributed by atoms with E-state index in [2.05, 4.69) is 34.2 Å². The van der Waals surface area contributed by atoms with Gasteiger partial charge in [0.15, 0.2) is 5.82 Å². The summed E-state index contributed by atoms with van der Waals surface area (Å²) in [6, 6.07) is 12.2. The fraction of sp³-hybridized carbons (Fsp3) is 0.421. The van der Waals surface area contributed by atoms with Gasteiger partial charge in [0.05, 0.1) is 5.69 Å². The van der Waals surface area contributed by atoms with Crippen molar-refractivity contribution in [2.75, 3.05) is 44.3 Å². The lowest BCUT2D eigenvalue weighted by molar-refractivity contribution is -0.136. The van der Waals surface area contributed by atoms with Crippen LogP contribution in [0.3, 0.4) is 0 Å². The quantitative estimate of drug-likeness (QED) is 0.835. The van der Waals surface area contributed by atoms with Crippen molar-refractivity contribution in [3.63, 3.8) is 0 Å². The standard InChI is InChI=1S/C19H24N4O2/c1-3-25-14-19(24)23-12-10-22(11-13-23)18-9-8-17(20-21-18)16-7-5-4-6-15(16)2/h4-9H,3,10-14H2,1-2H3. The third-order valence-electron chi connectivity index (χ3n) is 4.46. The van der Waals surface area contributed by atoms with Crippen LogP contribution in [0.2, 0.25) is 0 Å². The Morgan fingerprint density at radius 2 is 1.84 bits per heavy atom.